The molecule has 1 aliphatic heterocycles. The summed E-state index contributed by atoms with van der Waals surface area (Å²) in [5.74, 6) is -0.503. The number of halogens is 2. The third-order valence-electron chi connectivity index (χ3n) is 6.08. The van der Waals surface area contributed by atoms with E-state index in [1.54, 1.807) is 30.3 Å². The van der Waals surface area contributed by atoms with Gasteiger partial charge in [0.05, 0.1) is 12.7 Å². The summed E-state index contributed by atoms with van der Waals surface area (Å²) < 4.78 is 46.1. The highest BCUT2D eigenvalue weighted by Crippen LogP contribution is 2.31. The van der Waals surface area contributed by atoms with Crippen molar-refractivity contribution >= 4 is 0 Å². The standard InChI is InChI=1S/C27H36F2O3/c1-3-5-7-8-20-9-12-23(31-18-20)19-32-22-13-10-21(11-14-22)24-15-16-25(27(29)26(24)28)30-17-6-4-2/h10-11,13-16,20,23H,3-9,12,17-19H2,1-2H3. The summed E-state index contributed by atoms with van der Waals surface area (Å²) in [4.78, 5) is 0. The van der Waals surface area contributed by atoms with Gasteiger partial charge < -0.3 is 14.2 Å². The van der Waals surface area contributed by atoms with Gasteiger partial charge in [-0.2, -0.15) is 4.39 Å². The molecule has 1 fully saturated rings. The molecule has 1 saturated heterocycles. The summed E-state index contributed by atoms with van der Waals surface area (Å²) in [5, 5.41) is 0. The SMILES string of the molecule is CCCCCC1CCC(COc2ccc(-c3ccc(OCCCC)c(F)c3F)cc2)OC1. The molecule has 1 heterocycles. The summed E-state index contributed by atoms with van der Waals surface area (Å²) in [5.41, 5.74) is 0.805. The topological polar surface area (TPSA) is 27.7 Å². The highest BCUT2D eigenvalue weighted by molar-refractivity contribution is 5.66. The number of ether oxygens (including phenoxy) is 3. The molecular formula is C27H36F2O3. The van der Waals surface area contributed by atoms with Gasteiger partial charge in [0.2, 0.25) is 5.82 Å². The number of benzene rings is 2. The van der Waals surface area contributed by atoms with Crippen molar-refractivity contribution in [2.24, 2.45) is 5.92 Å². The van der Waals surface area contributed by atoms with E-state index < -0.39 is 11.6 Å². The van der Waals surface area contributed by atoms with Crippen molar-refractivity contribution in [1.29, 1.82) is 0 Å². The zero-order valence-electron chi connectivity index (χ0n) is 19.4. The van der Waals surface area contributed by atoms with Crippen LogP contribution in [0.25, 0.3) is 11.1 Å². The van der Waals surface area contributed by atoms with Crippen LogP contribution in [0.2, 0.25) is 0 Å². The van der Waals surface area contributed by atoms with Crippen LogP contribution in [0.15, 0.2) is 36.4 Å². The van der Waals surface area contributed by atoms with Gasteiger partial charge in [-0.3, -0.25) is 0 Å². The van der Waals surface area contributed by atoms with Gasteiger partial charge >= 0.3 is 0 Å². The van der Waals surface area contributed by atoms with Crippen LogP contribution in [0.5, 0.6) is 11.5 Å². The lowest BCUT2D eigenvalue weighted by atomic mass is 9.93. The molecule has 0 saturated carbocycles. The maximum atomic E-state index is 14.6. The fraction of sp³-hybridized carbons (Fsp3) is 0.556. The summed E-state index contributed by atoms with van der Waals surface area (Å²) in [6.07, 6.45) is 9.16. The zero-order valence-corrected chi connectivity index (χ0v) is 19.4. The van der Waals surface area contributed by atoms with Crippen LogP contribution in [-0.4, -0.2) is 25.9 Å². The molecule has 32 heavy (non-hydrogen) atoms. The van der Waals surface area contributed by atoms with E-state index in [-0.39, 0.29) is 17.4 Å². The molecule has 5 heteroatoms. The Bertz CT molecular complexity index is 814. The van der Waals surface area contributed by atoms with Crippen LogP contribution in [0.3, 0.4) is 0 Å². The van der Waals surface area contributed by atoms with Crippen molar-refractivity contribution in [2.75, 3.05) is 19.8 Å². The molecule has 2 aromatic carbocycles. The molecule has 0 radical (unpaired) electrons. The molecule has 3 rings (SSSR count). The van der Waals surface area contributed by atoms with E-state index in [0.29, 0.717) is 30.4 Å². The van der Waals surface area contributed by atoms with Gasteiger partial charge in [-0.1, -0.05) is 51.7 Å². The van der Waals surface area contributed by atoms with Gasteiger partial charge in [0.25, 0.3) is 0 Å². The maximum absolute atomic E-state index is 14.6. The predicted octanol–water partition coefficient (Wildman–Crippen LogP) is 7.57. The first kappa shape index (κ1) is 24.5. The summed E-state index contributed by atoms with van der Waals surface area (Å²) in [6.45, 7) is 5.95. The molecule has 1 aliphatic rings. The fourth-order valence-electron chi connectivity index (χ4n) is 4.02. The number of unbranched alkanes of at least 4 members (excludes halogenated alkanes) is 3. The third-order valence-corrected chi connectivity index (χ3v) is 6.08. The van der Waals surface area contributed by atoms with Crippen LogP contribution in [0, 0.1) is 17.6 Å². The van der Waals surface area contributed by atoms with E-state index in [1.165, 1.54) is 38.2 Å². The molecule has 0 aliphatic carbocycles. The van der Waals surface area contributed by atoms with Crippen LogP contribution < -0.4 is 9.47 Å². The van der Waals surface area contributed by atoms with E-state index in [0.717, 1.165) is 25.9 Å². The average Bonchev–Trinajstić information content (AvgIpc) is 2.82. The van der Waals surface area contributed by atoms with E-state index in [2.05, 4.69) is 6.92 Å². The quantitative estimate of drug-likeness (QED) is 0.315. The number of rotatable bonds is 12. The third kappa shape index (κ3) is 6.93. The van der Waals surface area contributed by atoms with Crippen LogP contribution >= 0.6 is 0 Å². The van der Waals surface area contributed by atoms with Gasteiger partial charge in [0.1, 0.15) is 12.4 Å². The first-order valence-corrected chi connectivity index (χ1v) is 12.1. The lowest BCUT2D eigenvalue weighted by Crippen LogP contribution is -2.30. The molecule has 2 atom stereocenters. The smallest absolute Gasteiger partial charge is 0.201 e. The van der Waals surface area contributed by atoms with Gasteiger partial charge in [0, 0.05) is 12.2 Å². The van der Waals surface area contributed by atoms with Gasteiger partial charge in [0.15, 0.2) is 11.6 Å². The molecule has 2 aromatic rings. The van der Waals surface area contributed by atoms with Crippen molar-refractivity contribution in [2.45, 2.75) is 71.3 Å². The molecular weight excluding hydrogens is 410 g/mol. The lowest BCUT2D eigenvalue weighted by Gasteiger charge is -2.29. The molecule has 176 valence electrons. The average molecular weight is 447 g/mol. The molecule has 0 amide bonds. The highest BCUT2D eigenvalue weighted by atomic mass is 19.2. The summed E-state index contributed by atoms with van der Waals surface area (Å²) >= 11 is 0. The van der Waals surface area contributed by atoms with E-state index in [1.807, 2.05) is 6.92 Å². The molecule has 2 unspecified atom stereocenters. The van der Waals surface area contributed by atoms with Crippen molar-refractivity contribution in [3.05, 3.63) is 48.0 Å². The Hall–Kier alpha value is -2.14. The second-order valence-electron chi connectivity index (χ2n) is 8.67. The predicted molar refractivity (Wildman–Crippen MR) is 124 cm³/mol. The second-order valence-corrected chi connectivity index (χ2v) is 8.67. The molecule has 0 spiro atoms. The van der Waals surface area contributed by atoms with Crippen LogP contribution in [0.1, 0.15) is 65.2 Å². The van der Waals surface area contributed by atoms with Crippen molar-refractivity contribution in [3.63, 3.8) is 0 Å². The van der Waals surface area contributed by atoms with E-state index in [4.69, 9.17) is 14.2 Å². The Balaban J connectivity index is 1.50. The van der Waals surface area contributed by atoms with Crippen molar-refractivity contribution < 1.29 is 23.0 Å². The van der Waals surface area contributed by atoms with E-state index >= 15 is 0 Å². The minimum atomic E-state index is -0.943. The number of hydrogen-bond donors (Lipinski definition) is 0. The Morgan fingerprint density at radius 2 is 1.66 bits per heavy atom. The van der Waals surface area contributed by atoms with Crippen molar-refractivity contribution in [1.82, 2.24) is 0 Å². The number of hydrogen-bond acceptors (Lipinski definition) is 3. The lowest BCUT2D eigenvalue weighted by molar-refractivity contribution is -0.0394. The Kier molecular flexibility index (Phi) is 9.79. The largest absolute Gasteiger partial charge is 0.491 e. The highest BCUT2D eigenvalue weighted by Gasteiger charge is 2.22. The molecule has 0 bridgehead atoms. The summed E-state index contributed by atoms with van der Waals surface area (Å²) in [7, 11) is 0. The van der Waals surface area contributed by atoms with E-state index in [9.17, 15) is 8.78 Å². The fourth-order valence-corrected chi connectivity index (χ4v) is 4.02. The maximum Gasteiger partial charge on any atom is 0.201 e. The normalized spacial score (nSPS) is 18.5. The Labute approximate surface area is 191 Å². The second kappa shape index (κ2) is 12.8. The van der Waals surface area contributed by atoms with Crippen molar-refractivity contribution in [3.8, 4) is 22.6 Å². The van der Waals surface area contributed by atoms with Gasteiger partial charge in [-0.15, -0.1) is 0 Å². The Morgan fingerprint density at radius 3 is 2.34 bits per heavy atom. The molecule has 0 N–H and O–H groups in total. The monoisotopic (exact) mass is 446 g/mol. The molecule has 0 aromatic heterocycles. The first-order valence-electron chi connectivity index (χ1n) is 12.1. The molecule has 3 nitrogen and oxygen atoms in total. The van der Waals surface area contributed by atoms with Crippen LogP contribution in [0.4, 0.5) is 8.78 Å². The summed E-state index contributed by atoms with van der Waals surface area (Å²) in [6, 6.07) is 10.1. The Morgan fingerprint density at radius 1 is 0.875 bits per heavy atom. The minimum absolute atomic E-state index is 0.0419. The van der Waals surface area contributed by atoms with Crippen LogP contribution in [-0.2, 0) is 4.74 Å². The zero-order chi connectivity index (χ0) is 22.8. The van der Waals surface area contributed by atoms with Gasteiger partial charge in [-0.05, 0) is 61.4 Å². The minimum Gasteiger partial charge on any atom is -0.491 e. The van der Waals surface area contributed by atoms with Gasteiger partial charge in [-0.25, -0.2) is 4.39 Å². The first-order chi connectivity index (χ1) is 15.6.